The number of cyclic esters (lactones) is 1. The van der Waals surface area contributed by atoms with Crippen LogP contribution < -0.4 is 4.90 Å². The number of esters is 1. The number of hydrogen-bond acceptors (Lipinski definition) is 5. The molecule has 116 valence electrons. The second kappa shape index (κ2) is 5.53. The van der Waals surface area contributed by atoms with E-state index in [2.05, 4.69) is 0 Å². The molecule has 0 unspecified atom stereocenters. The normalized spacial score (nSPS) is 16.5. The Bertz CT molecular complexity index is 800. The number of ether oxygens (including phenoxy) is 1. The standard InChI is InChI=1S/C16H12N2O5/c1-10(19)17-14-5-3-2-4-13(14)16(20)23-15(17)11-6-8-12(9-7-11)18(21)22/h2-9,15H,1H3/t15-/m1/s1. The van der Waals surface area contributed by atoms with Gasteiger partial charge in [-0.2, -0.15) is 0 Å². The topological polar surface area (TPSA) is 89.8 Å². The summed E-state index contributed by atoms with van der Waals surface area (Å²) in [5, 5.41) is 10.7. The minimum absolute atomic E-state index is 0.0781. The Kier molecular flexibility index (Phi) is 3.53. The molecule has 1 atom stereocenters. The lowest BCUT2D eigenvalue weighted by Gasteiger charge is -2.35. The number of carbonyl (C=O) groups excluding carboxylic acids is 2. The van der Waals surface area contributed by atoms with E-state index in [1.165, 1.54) is 36.1 Å². The van der Waals surface area contributed by atoms with E-state index in [0.29, 0.717) is 16.8 Å². The van der Waals surface area contributed by atoms with E-state index in [0.717, 1.165) is 0 Å². The molecule has 0 saturated heterocycles. The molecule has 0 N–H and O–H groups in total. The molecule has 2 aromatic carbocycles. The largest absolute Gasteiger partial charge is 0.433 e. The number of nitro benzene ring substituents is 1. The van der Waals surface area contributed by atoms with Gasteiger partial charge in [0.2, 0.25) is 12.1 Å². The first kappa shape index (κ1) is 14.7. The number of nitrogens with zero attached hydrogens (tertiary/aromatic N) is 2. The number of amides is 1. The van der Waals surface area contributed by atoms with Gasteiger partial charge in [-0.1, -0.05) is 12.1 Å². The summed E-state index contributed by atoms with van der Waals surface area (Å²) in [6.07, 6.45) is -0.948. The van der Waals surface area contributed by atoms with Crippen LogP contribution in [0.5, 0.6) is 0 Å². The summed E-state index contributed by atoms with van der Waals surface area (Å²) in [6, 6.07) is 12.2. The first-order chi connectivity index (χ1) is 11.0. The van der Waals surface area contributed by atoms with Crippen molar-refractivity contribution in [2.75, 3.05) is 4.90 Å². The summed E-state index contributed by atoms with van der Waals surface area (Å²) in [5.41, 5.74) is 1.17. The highest BCUT2D eigenvalue weighted by atomic mass is 16.6. The first-order valence-electron chi connectivity index (χ1n) is 6.83. The van der Waals surface area contributed by atoms with Gasteiger partial charge in [0.1, 0.15) is 0 Å². The number of hydrogen-bond donors (Lipinski definition) is 0. The second-order valence-corrected chi connectivity index (χ2v) is 5.01. The van der Waals surface area contributed by atoms with Crippen LogP contribution in [0.4, 0.5) is 11.4 Å². The number of rotatable bonds is 2. The number of anilines is 1. The van der Waals surface area contributed by atoms with Crippen LogP contribution in [0.3, 0.4) is 0 Å². The summed E-state index contributed by atoms with van der Waals surface area (Å²) < 4.78 is 5.37. The number of carbonyl (C=O) groups is 2. The van der Waals surface area contributed by atoms with Crippen LogP contribution in [0.25, 0.3) is 0 Å². The van der Waals surface area contributed by atoms with Crippen molar-refractivity contribution in [1.29, 1.82) is 0 Å². The predicted octanol–water partition coefficient (Wildman–Crippen LogP) is 2.82. The smallest absolute Gasteiger partial charge is 0.342 e. The van der Waals surface area contributed by atoms with Gasteiger partial charge in [0, 0.05) is 24.6 Å². The van der Waals surface area contributed by atoms with Crippen molar-refractivity contribution in [2.45, 2.75) is 13.2 Å². The third-order valence-corrected chi connectivity index (χ3v) is 3.56. The molecule has 0 fully saturated rings. The molecule has 3 rings (SSSR count). The zero-order valence-corrected chi connectivity index (χ0v) is 12.1. The zero-order valence-electron chi connectivity index (χ0n) is 12.1. The van der Waals surface area contributed by atoms with E-state index in [1.807, 2.05) is 0 Å². The van der Waals surface area contributed by atoms with Crippen molar-refractivity contribution in [1.82, 2.24) is 0 Å². The lowest BCUT2D eigenvalue weighted by atomic mass is 10.1. The highest BCUT2D eigenvalue weighted by Gasteiger charge is 2.36. The fourth-order valence-corrected chi connectivity index (χ4v) is 2.51. The Morgan fingerprint density at radius 2 is 1.83 bits per heavy atom. The van der Waals surface area contributed by atoms with E-state index in [4.69, 9.17) is 4.74 Å². The molecule has 7 heteroatoms. The van der Waals surface area contributed by atoms with Crippen LogP contribution in [0.1, 0.15) is 29.1 Å². The van der Waals surface area contributed by atoms with Gasteiger partial charge in [-0.05, 0) is 24.3 Å². The van der Waals surface area contributed by atoms with Crippen molar-refractivity contribution < 1.29 is 19.2 Å². The molecule has 0 saturated carbocycles. The minimum Gasteiger partial charge on any atom is -0.433 e. The van der Waals surface area contributed by atoms with Crippen LogP contribution in [-0.4, -0.2) is 16.8 Å². The third kappa shape index (κ3) is 2.52. The lowest BCUT2D eigenvalue weighted by molar-refractivity contribution is -0.384. The molecule has 0 aliphatic carbocycles. The average Bonchev–Trinajstić information content (AvgIpc) is 2.54. The Hall–Kier alpha value is -3.22. The molecule has 1 aliphatic heterocycles. The van der Waals surface area contributed by atoms with Gasteiger partial charge in [-0.15, -0.1) is 0 Å². The maximum atomic E-state index is 12.1. The fourth-order valence-electron chi connectivity index (χ4n) is 2.51. The average molecular weight is 312 g/mol. The van der Waals surface area contributed by atoms with Crippen LogP contribution in [0.2, 0.25) is 0 Å². The van der Waals surface area contributed by atoms with Gasteiger partial charge in [-0.3, -0.25) is 19.8 Å². The highest BCUT2D eigenvalue weighted by molar-refractivity contribution is 6.04. The maximum Gasteiger partial charge on any atom is 0.342 e. The molecule has 1 amide bonds. The van der Waals surface area contributed by atoms with E-state index in [-0.39, 0.29) is 11.6 Å². The van der Waals surface area contributed by atoms with Crippen molar-refractivity contribution in [3.63, 3.8) is 0 Å². The van der Waals surface area contributed by atoms with E-state index in [1.54, 1.807) is 24.3 Å². The van der Waals surface area contributed by atoms with Crippen LogP contribution in [-0.2, 0) is 9.53 Å². The van der Waals surface area contributed by atoms with Crippen molar-refractivity contribution in [3.05, 3.63) is 69.8 Å². The maximum absolute atomic E-state index is 12.1. The summed E-state index contributed by atoms with van der Waals surface area (Å²) in [5.74, 6) is -0.838. The SMILES string of the molecule is CC(=O)N1c2ccccc2C(=O)O[C@@H]1c1ccc([N+](=O)[O-])cc1. The highest BCUT2D eigenvalue weighted by Crippen LogP contribution is 2.37. The summed E-state index contributed by atoms with van der Waals surface area (Å²) >= 11 is 0. The molecule has 2 aromatic rings. The van der Waals surface area contributed by atoms with Crippen molar-refractivity contribution in [2.24, 2.45) is 0 Å². The molecule has 7 nitrogen and oxygen atoms in total. The molecule has 23 heavy (non-hydrogen) atoms. The first-order valence-corrected chi connectivity index (χ1v) is 6.83. The molecule has 1 heterocycles. The predicted molar refractivity (Wildman–Crippen MR) is 80.9 cm³/mol. The lowest BCUT2D eigenvalue weighted by Crippen LogP contribution is -2.40. The molecule has 0 spiro atoms. The van der Waals surface area contributed by atoms with Gasteiger partial charge in [0.05, 0.1) is 16.2 Å². The minimum atomic E-state index is -0.948. The molecule has 1 aliphatic rings. The number of para-hydroxylation sites is 1. The summed E-state index contributed by atoms with van der Waals surface area (Å²) in [7, 11) is 0. The van der Waals surface area contributed by atoms with Crippen LogP contribution >= 0.6 is 0 Å². The Labute approximate surface area is 131 Å². The molecular formula is C16H12N2O5. The molecular weight excluding hydrogens is 300 g/mol. The Balaban J connectivity index is 2.06. The Morgan fingerprint density at radius 1 is 1.17 bits per heavy atom. The van der Waals surface area contributed by atoms with Gasteiger partial charge < -0.3 is 4.74 Å². The van der Waals surface area contributed by atoms with Gasteiger partial charge in [0.15, 0.2) is 0 Å². The second-order valence-electron chi connectivity index (χ2n) is 5.01. The van der Waals surface area contributed by atoms with E-state index in [9.17, 15) is 19.7 Å². The fraction of sp³-hybridized carbons (Fsp3) is 0.125. The summed E-state index contributed by atoms with van der Waals surface area (Å²) in [6.45, 7) is 1.37. The number of nitro groups is 1. The van der Waals surface area contributed by atoms with E-state index >= 15 is 0 Å². The quantitative estimate of drug-likeness (QED) is 0.483. The zero-order chi connectivity index (χ0) is 16.6. The molecule has 0 bridgehead atoms. The number of non-ortho nitro benzene ring substituents is 1. The van der Waals surface area contributed by atoms with Gasteiger partial charge in [-0.25, -0.2) is 4.79 Å². The molecule has 0 radical (unpaired) electrons. The third-order valence-electron chi connectivity index (χ3n) is 3.56. The monoisotopic (exact) mass is 312 g/mol. The van der Waals surface area contributed by atoms with Crippen LogP contribution in [0, 0.1) is 10.1 Å². The Morgan fingerprint density at radius 3 is 2.43 bits per heavy atom. The van der Waals surface area contributed by atoms with Gasteiger partial charge >= 0.3 is 5.97 Å². The van der Waals surface area contributed by atoms with Crippen LogP contribution in [0.15, 0.2) is 48.5 Å². The number of benzene rings is 2. The van der Waals surface area contributed by atoms with Crippen molar-refractivity contribution >= 4 is 23.3 Å². The van der Waals surface area contributed by atoms with E-state index < -0.39 is 17.1 Å². The summed E-state index contributed by atoms with van der Waals surface area (Å²) in [4.78, 5) is 35.8. The molecule has 0 aromatic heterocycles. The van der Waals surface area contributed by atoms with Gasteiger partial charge in [0.25, 0.3) is 5.69 Å². The van der Waals surface area contributed by atoms with Crippen molar-refractivity contribution in [3.8, 4) is 0 Å². The number of fused-ring (bicyclic) bond motifs is 1.